The highest BCUT2D eigenvalue weighted by Gasteiger charge is 2.50. The lowest BCUT2D eigenvalue weighted by Crippen LogP contribution is -2.11. The molecule has 0 aromatic heterocycles. The van der Waals surface area contributed by atoms with Crippen LogP contribution < -0.4 is 0 Å². The van der Waals surface area contributed by atoms with E-state index in [1.54, 1.807) is 0 Å². The summed E-state index contributed by atoms with van der Waals surface area (Å²) >= 11 is 0. The minimum Gasteiger partial charge on any atom is -0.394 e. The van der Waals surface area contributed by atoms with Gasteiger partial charge in [0.1, 0.15) is 6.10 Å². The molecule has 1 heterocycles. The molecule has 2 heteroatoms. The molecule has 0 saturated carbocycles. The molecule has 0 aromatic carbocycles. The van der Waals surface area contributed by atoms with Crippen molar-refractivity contribution in [2.45, 2.75) is 45.3 Å². The minimum absolute atomic E-state index is 0.0410. The molecule has 1 aliphatic rings. The fraction of sp³-hybridized carbons (Fsp3) is 0.800. The average molecular weight is 170 g/mol. The van der Waals surface area contributed by atoms with Crippen molar-refractivity contribution in [3.63, 3.8) is 0 Å². The Hall–Kier alpha value is -0.340. The molecule has 1 N–H and O–H groups in total. The first-order valence-electron chi connectivity index (χ1n) is 4.50. The zero-order valence-corrected chi connectivity index (χ0v) is 8.13. The number of hydrogen-bond acceptors (Lipinski definition) is 2. The van der Waals surface area contributed by atoms with E-state index in [2.05, 4.69) is 26.8 Å². The highest BCUT2D eigenvalue weighted by atomic mass is 16.6. The Balaban J connectivity index is 2.21. The van der Waals surface area contributed by atoms with Gasteiger partial charge in [-0.1, -0.05) is 11.6 Å². The predicted molar refractivity (Wildman–Crippen MR) is 49.0 cm³/mol. The van der Waals surface area contributed by atoms with Gasteiger partial charge in [-0.25, -0.2) is 0 Å². The van der Waals surface area contributed by atoms with Crippen LogP contribution >= 0.6 is 0 Å². The van der Waals surface area contributed by atoms with Crippen molar-refractivity contribution in [3.8, 4) is 0 Å². The van der Waals surface area contributed by atoms with Crippen LogP contribution in [0.1, 0.15) is 33.6 Å². The molecule has 1 unspecified atom stereocenters. The molecule has 1 saturated heterocycles. The normalized spacial score (nSPS) is 33.2. The second-order valence-electron chi connectivity index (χ2n) is 3.92. The molecule has 0 aromatic rings. The second kappa shape index (κ2) is 3.58. The maximum atomic E-state index is 8.81. The highest BCUT2D eigenvalue weighted by Crippen LogP contribution is 2.39. The standard InChI is InChI=1S/C10H18O2/c1-8(2)5-4-6-10(3)9(7-11)12-10/h5,9,11H,4,6-7H2,1-3H3/t9?,10-/m0/s1. The van der Waals surface area contributed by atoms with Gasteiger partial charge in [0.05, 0.1) is 12.2 Å². The molecule has 0 bridgehead atoms. The number of allylic oxidation sites excluding steroid dienone is 2. The Bertz CT molecular complexity index is 182. The number of ether oxygens (including phenoxy) is 1. The smallest absolute Gasteiger partial charge is 0.110 e. The quantitative estimate of drug-likeness (QED) is 0.516. The van der Waals surface area contributed by atoms with Gasteiger partial charge >= 0.3 is 0 Å². The van der Waals surface area contributed by atoms with Crippen molar-refractivity contribution in [3.05, 3.63) is 11.6 Å². The fourth-order valence-corrected chi connectivity index (χ4v) is 1.39. The summed E-state index contributed by atoms with van der Waals surface area (Å²) in [5, 5.41) is 8.81. The molecule has 1 fully saturated rings. The Labute approximate surface area is 74.2 Å². The summed E-state index contributed by atoms with van der Waals surface area (Å²) in [7, 11) is 0. The SMILES string of the molecule is CC(C)=CCC[C@]1(C)OC1CO. The maximum Gasteiger partial charge on any atom is 0.110 e. The monoisotopic (exact) mass is 170 g/mol. The maximum absolute atomic E-state index is 8.81. The van der Waals surface area contributed by atoms with Crippen molar-refractivity contribution in [2.24, 2.45) is 0 Å². The number of aliphatic hydroxyl groups is 1. The van der Waals surface area contributed by atoms with Crippen LogP contribution in [-0.4, -0.2) is 23.4 Å². The van der Waals surface area contributed by atoms with Crippen molar-refractivity contribution >= 4 is 0 Å². The van der Waals surface area contributed by atoms with Gasteiger partial charge in [0.2, 0.25) is 0 Å². The van der Waals surface area contributed by atoms with Crippen LogP contribution in [0.5, 0.6) is 0 Å². The Morgan fingerprint density at radius 1 is 1.58 bits per heavy atom. The topological polar surface area (TPSA) is 32.8 Å². The second-order valence-corrected chi connectivity index (χ2v) is 3.92. The molecule has 2 atom stereocenters. The molecule has 12 heavy (non-hydrogen) atoms. The summed E-state index contributed by atoms with van der Waals surface area (Å²) in [6, 6.07) is 0. The fourth-order valence-electron chi connectivity index (χ4n) is 1.39. The zero-order chi connectivity index (χ0) is 9.19. The third-order valence-corrected chi connectivity index (χ3v) is 2.39. The largest absolute Gasteiger partial charge is 0.394 e. The van der Waals surface area contributed by atoms with E-state index in [9.17, 15) is 0 Å². The zero-order valence-electron chi connectivity index (χ0n) is 8.13. The van der Waals surface area contributed by atoms with Gasteiger partial charge in [-0.15, -0.1) is 0 Å². The van der Waals surface area contributed by atoms with Gasteiger partial charge in [-0.05, 0) is 33.6 Å². The van der Waals surface area contributed by atoms with Gasteiger partial charge in [0.15, 0.2) is 0 Å². The van der Waals surface area contributed by atoms with Gasteiger partial charge in [0, 0.05) is 0 Å². The van der Waals surface area contributed by atoms with Crippen LogP contribution in [0.4, 0.5) is 0 Å². The molecule has 0 amide bonds. The Morgan fingerprint density at radius 2 is 2.25 bits per heavy atom. The number of hydrogen-bond donors (Lipinski definition) is 1. The van der Waals surface area contributed by atoms with Crippen LogP contribution in [-0.2, 0) is 4.74 Å². The van der Waals surface area contributed by atoms with E-state index in [0.717, 1.165) is 12.8 Å². The molecular formula is C10H18O2. The molecule has 0 radical (unpaired) electrons. The number of epoxide rings is 1. The van der Waals surface area contributed by atoms with E-state index in [4.69, 9.17) is 9.84 Å². The Kier molecular flexibility index (Phi) is 2.91. The van der Waals surface area contributed by atoms with Gasteiger partial charge in [0.25, 0.3) is 0 Å². The van der Waals surface area contributed by atoms with E-state index >= 15 is 0 Å². The van der Waals surface area contributed by atoms with Crippen LogP contribution in [0.3, 0.4) is 0 Å². The highest BCUT2D eigenvalue weighted by molar-refractivity contribution is 5.02. The Morgan fingerprint density at radius 3 is 2.67 bits per heavy atom. The summed E-state index contributed by atoms with van der Waals surface area (Å²) < 4.78 is 5.36. The first kappa shape index (κ1) is 9.75. The van der Waals surface area contributed by atoms with Crippen LogP contribution in [0, 0.1) is 0 Å². The summed E-state index contributed by atoms with van der Waals surface area (Å²) in [5.74, 6) is 0. The van der Waals surface area contributed by atoms with Crippen molar-refractivity contribution in [2.75, 3.05) is 6.61 Å². The number of rotatable bonds is 4. The molecule has 0 aliphatic carbocycles. The lowest BCUT2D eigenvalue weighted by molar-refractivity contribution is 0.235. The molecule has 1 rings (SSSR count). The van der Waals surface area contributed by atoms with E-state index in [1.807, 2.05) is 0 Å². The van der Waals surface area contributed by atoms with Gasteiger partial charge < -0.3 is 9.84 Å². The summed E-state index contributed by atoms with van der Waals surface area (Å²) in [5.41, 5.74) is 1.31. The van der Waals surface area contributed by atoms with E-state index < -0.39 is 0 Å². The molecule has 70 valence electrons. The lowest BCUT2D eigenvalue weighted by atomic mass is 10.0. The summed E-state index contributed by atoms with van der Waals surface area (Å²) in [4.78, 5) is 0. The van der Waals surface area contributed by atoms with Crippen molar-refractivity contribution in [1.29, 1.82) is 0 Å². The van der Waals surface area contributed by atoms with Crippen molar-refractivity contribution in [1.82, 2.24) is 0 Å². The summed E-state index contributed by atoms with van der Waals surface area (Å²) in [6.07, 6.45) is 4.36. The third-order valence-electron chi connectivity index (χ3n) is 2.39. The number of aliphatic hydroxyl groups excluding tert-OH is 1. The van der Waals surface area contributed by atoms with E-state index in [-0.39, 0.29) is 18.3 Å². The van der Waals surface area contributed by atoms with E-state index in [1.165, 1.54) is 5.57 Å². The first-order valence-corrected chi connectivity index (χ1v) is 4.50. The molecule has 2 nitrogen and oxygen atoms in total. The van der Waals surface area contributed by atoms with E-state index in [0.29, 0.717) is 0 Å². The third kappa shape index (κ3) is 2.32. The van der Waals surface area contributed by atoms with Gasteiger partial charge in [-0.3, -0.25) is 0 Å². The van der Waals surface area contributed by atoms with Crippen LogP contribution in [0.2, 0.25) is 0 Å². The van der Waals surface area contributed by atoms with Gasteiger partial charge in [-0.2, -0.15) is 0 Å². The summed E-state index contributed by atoms with van der Waals surface area (Å²) in [6.45, 7) is 6.41. The molecule has 0 spiro atoms. The lowest BCUT2D eigenvalue weighted by Gasteiger charge is -2.02. The minimum atomic E-state index is -0.0410. The average Bonchev–Trinajstić information content (AvgIpc) is 2.61. The molecular weight excluding hydrogens is 152 g/mol. The molecule has 1 aliphatic heterocycles. The first-order chi connectivity index (χ1) is 5.58. The van der Waals surface area contributed by atoms with Crippen LogP contribution in [0.15, 0.2) is 11.6 Å². The predicted octanol–water partition coefficient (Wildman–Crippen LogP) is 1.88. The van der Waals surface area contributed by atoms with Crippen molar-refractivity contribution < 1.29 is 9.84 Å². The van der Waals surface area contributed by atoms with Crippen LogP contribution in [0.25, 0.3) is 0 Å².